The topological polar surface area (TPSA) is 6.48 Å². The molecule has 11 rings (SSSR count). The summed E-state index contributed by atoms with van der Waals surface area (Å²) < 4.78 is 29.8. The highest BCUT2D eigenvalue weighted by Crippen LogP contribution is 2.55. The molecule has 0 bridgehead atoms. The van der Waals surface area contributed by atoms with Crippen LogP contribution in [0.1, 0.15) is 138 Å². The van der Waals surface area contributed by atoms with Crippen molar-refractivity contribution in [3.05, 3.63) is 136 Å². The van der Waals surface area contributed by atoms with Gasteiger partial charge >= 0.3 is 0 Å². The van der Waals surface area contributed by atoms with Crippen LogP contribution in [-0.2, 0) is 27.1 Å². The molecular formula is C57H61BN2S. The SMILES string of the molecule is [2H]C([2H])([2H])c1cc2c3c(c1)N(c1cccc4c1sc1ccccc14)c1cc4c(cc1B3c1cc(C(C)(C)C)ccc1N2c1cc2c(cc1C)C(C)(C)CC2(C)C)C(C)(C)CCC4(C)C. The Hall–Kier alpha value is -4.80. The molecule has 61 heavy (non-hydrogen) atoms. The van der Waals surface area contributed by atoms with Gasteiger partial charge < -0.3 is 9.80 Å². The minimum Gasteiger partial charge on any atom is -0.311 e. The van der Waals surface area contributed by atoms with Crippen molar-refractivity contribution in [1.29, 1.82) is 0 Å². The Morgan fingerprint density at radius 1 is 0.574 bits per heavy atom. The van der Waals surface area contributed by atoms with Crippen LogP contribution < -0.4 is 26.2 Å². The van der Waals surface area contributed by atoms with Gasteiger partial charge in [-0.2, -0.15) is 0 Å². The van der Waals surface area contributed by atoms with Crippen molar-refractivity contribution in [3.8, 4) is 0 Å². The van der Waals surface area contributed by atoms with Gasteiger partial charge in [0, 0.05) is 48.0 Å². The summed E-state index contributed by atoms with van der Waals surface area (Å²) >= 11 is 1.83. The van der Waals surface area contributed by atoms with Crippen LogP contribution in [-0.4, -0.2) is 6.71 Å². The molecule has 2 nitrogen and oxygen atoms in total. The molecule has 0 amide bonds. The van der Waals surface area contributed by atoms with E-state index in [-0.39, 0.29) is 33.8 Å². The summed E-state index contributed by atoms with van der Waals surface area (Å²) in [4.78, 5) is 4.94. The van der Waals surface area contributed by atoms with Gasteiger partial charge in [0.25, 0.3) is 6.71 Å². The van der Waals surface area contributed by atoms with Crippen molar-refractivity contribution >= 4 is 88.7 Å². The summed E-state index contributed by atoms with van der Waals surface area (Å²) in [5, 5.41) is 2.47. The molecular weight excluding hydrogens is 756 g/mol. The normalized spacial score (nSPS) is 19.7. The van der Waals surface area contributed by atoms with E-state index in [1.165, 1.54) is 69.9 Å². The zero-order valence-electron chi connectivity index (χ0n) is 41.2. The lowest BCUT2D eigenvalue weighted by atomic mass is 9.33. The monoisotopic (exact) mass is 819 g/mol. The molecule has 3 heterocycles. The van der Waals surface area contributed by atoms with E-state index in [0.717, 1.165) is 53.4 Å². The fraction of sp³-hybridized carbons (Fsp3) is 0.368. The Balaban J connectivity index is 1.31. The summed E-state index contributed by atoms with van der Waals surface area (Å²) in [7, 11) is 0. The average Bonchev–Trinajstić information content (AvgIpc) is 3.68. The van der Waals surface area contributed by atoms with E-state index in [1.54, 1.807) is 0 Å². The van der Waals surface area contributed by atoms with E-state index in [2.05, 4.69) is 178 Å². The van der Waals surface area contributed by atoms with Crippen molar-refractivity contribution in [2.45, 2.75) is 136 Å². The van der Waals surface area contributed by atoms with Crippen LogP contribution in [0.5, 0.6) is 0 Å². The summed E-state index contributed by atoms with van der Waals surface area (Å²) in [5.41, 5.74) is 18.5. The van der Waals surface area contributed by atoms with Gasteiger partial charge in [-0.3, -0.25) is 0 Å². The molecule has 0 spiro atoms. The molecule has 1 aromatic heterocycles. The van der Waals surface area contributed by atoms with Gasteiger partial charge in [-0.1, -0.05) is 131 Å². The third kappa shape index (κ3) is 5.52. The highest BCUT2D eigenvalue weighted by Gasteiger charge is 2.48. The lowest BCUT2D eigenvalue weighted by Gasteiger charge is -2.48. The summed E-state index contributed by atoms with van der Waals surface area (Å²) in [5.74, 6) is 0. The van der Waals surface area contributed by atoms with Crippen LogP contribution in [0.2, 0.25) is 0 Å². The number of aryl methyl sites for hydroxylation is 2. The molecule has 0 radical (unpaired) electrons. The van der Waals surface area contributed by atoms with Gasteiger partial charge in [0.15, 0.2) is 0 Å². The van der Waals surface area contributed by atoms with Crippen LogP contribution in [0.25, 0.3) is 20.2 Å². The fourth-order valence-corrected chi connectivity index (χ4v) is 13.5. The molecule has 0 saturated carbocycles. The first-order valence-electron chi connectivity index (χ1n) is 24.1. The smallest absolute Gasteiger partial charge is 0.252 e. The van der Waals surface area contributed by atoms with E-state index in [1.807, 2.05) is 23.5 Å². The Morgan fingerprint density at radius 3 is 1.85 bits per heavy atom. The van der Waals surface area contributed by atoms with E-state index in [4.69, 9.17) is 4.11 Å². The predicted octanol–water partition coefficient (Wildman–Crippen LogP) is 14.4. The number of hydrogen-bond donors (Lipinski definition) is 0. The van der Waals surface area contributed by atoms with Crippen LogP contribution in [0.4, 0.5) is 34.1 Å². The maximum Gasteiger partial charge on any atom is 0.252 e. The lowest BCUT2D eigenvalue weighted by Crippen LogP contribution is -2.62. The Labute approximate surface area is 373 Å². The highest BCUT2D eigenvalue weighted by molar-refractivity contribution is 7.26. The minimum atomic E-state index is -2.35. The van der Waals surface area contributed by atoms with Crippen LogP contribution in [0.3, 0.4) is 0 Å². The number of rotatable bonds is 2. The Bertz CT molecular complexity index is 3160. The molecule has 6 aromatic carbocycles. The molecule has 0 fully saturated rings. The van der Waals surface area contributed by atoms with Gasteiger partial charge in [0.2, 0.25) is 0 Å². The molecule has 0 unspecified atom stereocenters. The number of nitrogens with zero attached hydrogens (tertiary/aromatic N) is 2. The molecule has 0 N–H and O–H groups in total. The number of anilines is 6. The molecule has 308 valence electrons. The van der Waals surface area contributed by atoms with Gasteiger partial charge in [-0.15, -0.1) is 11.3 Å². The zero-order valence-corrected chi connectivity index (χ0v) is 39.1. The molecule has 0 atom stereocenters. The highest BCUT2D eigenvalue weighted by atomic mass is 32.1. The van der Waals surface area contributed by atoms with E-state index >= 15 is 0 Å². The molecule has 2 aliphatic carbocycles. The predicted molar refractivity (Wildman–Crippen MR) is 267 cm³/mol. The first kappa shape index (κ1) is 35.8. The first-order valence-corrected chi connectivity index (χ1v) is 23.4. The van der Waals surface area contributed by atoms with Crippen molar-refractivity contribution in [1.82, 2.24) is 0 Å². The van der Waals surface area contributed by atoms with Gasteiger partial charge in [-0.05, 0) is 158 Å². The molecule has 4 heteroatoms. The first-order chi connectivity index (χ1) is 29.9. The summed E-state index contributed by atoms with van der Waals surface area (Å²) in [6.45, 7) is 26.0. The quantitative estimate of drug-likeness (QED) is 0.160. The number of thiophene rings is 1. The number of hydrogen-bond acceptors (Lipinski definition) is 3. The summed E-state index contributed by atoms with van der Waals surface area (Å²) in [6.07, 6.45) is 3.29. The molecule has 0 saturated heterocycles. The molecule has 4 aliphatic rings. The standard InChI is InChI=1S/C57H61BN2S/c1-33-25-48-51-49(26-33)60(45-19-16-18-37-36-17-14-15-20-50(36)61-52(37)45)47-31-40-39(54(6,7)23-24-55(40,8)9)29-43(47)58(51)42-28-35(53(3,4)5)21-22-44(42)59(48)46-30-41-38(27-34(46)2)56(10,11)32-57(41,12)13/h14-22,25-31H,23-24,32H2,1-13H3/i1D3. The van der Waals surface area contributed by atoms with Crippen LogP contribution >= 0.6 is 11.3 Å². The minimum absolute atomic E-state index is 0.0106. The van der Waals surface area contributed by atoms with E-state index < -0.39 is 6.85 Å². The third-order valence-corrected chi connectivity index (χ3v) is 16.7. The Morgan fingerprint density at radius 2 is 1.16 bits per heavy atom. The van der Waals surface area contributed by atoms with Crippen LogP contribution in [0, 0.1) is 13.8 Å². The second-order valence-electron chi connectivity index (χ2n) is 22.7. The number of fused-ring (bicyclic) bond motifs is 9. The fourth-order valence-electron chi connectivity index (χ4n) is 12.3. The van der Waals surface area contributed by atoms with Crippen molar-refractivity contribution in [2.24, 2.45) is 0 Å². The van der Waals surface area contributed by atoms with Crippen molar-refractivity contribution in [2.75, 3.05) is 9.80 Å². The zero-order chi connectivity index (χ0) is 45.4. The van der Waals surface area contributed by atoms with Crippen LogP contribution in [0.15, 0.2) is 97.1 Å². The second-order valence-corrected chi connectivity index (χ2v) is 23.7. The van der Waals surface area contributed by atoms with Gasteiger partial charge in [0.1, 0.15) is 0 Å². The number of benzene rings is 6. The lowest BCUT2D eigenvalue weighted by molar-refractivity contribution is 0.332. The third-order valence-electron chi connectivity index (χ3n) is 15.4. The second kappa shape index (κ2) is 12.4. The van der Waals surface area contributed by atoms with Crippen molar-refractivity contribution in [3.63, 3.8) is 0 Å². The molecule has 2 aliphatic heterocycles. The van der Waals surface area contributed by atoms with E-state index in [9.17, 15) is 0 Å². The largest absolute Gasteiger partial charge is 0.311 e. The maximum absolute atomic E-state index is 9.12. The van der Waals surface area contributed by atoms with E-state index in [0.29, 0.717) is 5.56 Å². The van der Waals surface area contributed by atoms with Gasteiger partial charge in [0.05, 0.1) is 10.4 Å². The average molecular weight is 820 g/mol. The van der Waals surface area contributed by atoms with Gasteiger partial charge in [-0.25, -0.2) is 0 Å². The summed E-state index contributed by atoms with van der Waals surface area (Å²) in [6, 6.07) is 36.7. The maximum atomic E-state index is 9.12. The molecule has 7 aromatic rings. The van der Waals surface area contributed by atoms with Crippen molar-refractivity contribution < 1.29 is 4.11 Å². The Kier molecular flexibility index (Phi) is 7.29.